The molecule has 0 bridgehead atoms. The highest BCUT2D eigenvalue weighted by atomic mass is 19.1. The molecule has 0 unspecified atom stereocenters. The number of aliphatic carboxylic acids is 1. The molecule has 0 aliphatic rings. The third-order valence-electron chi connectivity index (χ3n) is 2.07. The van der Waals surface area contributed by atoms with Crippen molar-refractivity contribution < 1.29 is 14.3 Å². The minimum Gasteiger partial charge on any atom is -0.481 e. The van der Waals surface area contributed by atoms with Gasteiger partial charge < -0.3 is 5.11 Å². The summed E-state index contributed by atoms with van der Waals surface area (Å²) < 4.78 is 13.2. The zero-order valence-corrected chi connectivity index (χ0v) is 7.77. The van der Waals surface area contributed by atoms with Gasteiger partial charge in [-0.15, -0.1) is 0 Å². The third kappa shape index (κ3) is 1.93. The molecular weight excluding hydrogens is 197 g/mol. The van der Waals surface area contributed by atoms with Crippen molar-refractivity contribution in [2.75, 3.05) is 0 Å². The Kier molecular flexibility index (Phi) is 2.33. The SMILES string of the molecule is O=C(O)Cc1cnc2c(F)cccc2c1. The fraction of sp³-hybridized carbons (Fsp3) is 0.0909. The Labute approximate surface area is 85.2 Å². The summed E-state index contributed by atoms with van der Waals surface area (Å²) in [7, 11) is 0. The van der Waals surface area contributed by atoms with Crippen LogP contribution < -0.4 is 0 Å². The van der Waals surface area contributed by atoms with Crippen LogP contribution in [-0.4, -0.2) is 16.1 Å². The van der Waals surface area contributed by atoms with Gasteiger partial charge in [-0.25, -0.2) is 4.39 Å². The second-order valence-corrected chi connectivity index (χ2v) is 3.23. The molecule has 0 saturated carbocycles. The van der Waals surface area contributed by atoms with E-state index < -0.39 is 11.8 Å². The maximum atomic E-state index is 13.2. The van der Waals surface area contributed by atoms with Gasteiger partial charge in [-0.1, -0.05) is 12.1 Å². The number of rotatable bonds is 2. The van der Waals surface area contributed by atoms with Crippen molar-refractivity contribution in [3.63, 3.8) is 0 Å². The summed E-state index contributed by atoms with van der Waals surface area (Å²) in [5.41, 5.74) is 0.840. The maximum absolute atomic E-state index is 13.2. The van der Waals surface area contributed by atoms with E-state index in [-0.39, 0.29) is 11.9 Å². The number of halogens is 1. The van der Waals surface area contributed by atoms with E-state index in [2.05, 4.69) is 4.98 Å². The number of carboxylic acid groups (broad SMARTS) is 1. The summed E-state index contributed by atoms with van der Waals surface area (Å²) >= 11 is 0. The van der Waals surface area contributed by atoms with E-state index in [1.165, 1.54) is 12.3 Å². The van der Waals surface area contributed by atoms with Gasteiger partial charge in [0, 0.05) is 11.6 Å². The van der Waals surface area contributed by atoms with Crippen LogP contribution in [0, 0.1) is 5.82 Å². The van der Waals surface area contributed by atoms with E-state index in [0.29, 0.717) is 10.9 Å². The molecule has 0 fully saturated rings. The van der Waals surface area contributed by atoms with Crippen LogP contribution in [0.1, 0.15) is 5.56 Å². The summed E-state index contributed by atoms with van der Waals surface area (Å²) in [6.07, 6.45) is 1.29. The Morgan fingerprint density at radius 3 is 3.00 bits per heavy atom. The minimum atomic E-state index is -0.924. The largest absolute Gasteiger partial charge is 0.481 e. The van der Waals surface area contributed by atoms with Crippen LogP contribution in [0.3, 0.4) is 0 Å². The Balaban J connectivity index is 2.52. The molecule has 3 nitrogen and oxygen atoms in total. The molecule has 0 saturated heterocycles. The monoisotopic (exact) mass is 205 g/mol. The summed E-state index contributed by atoms with van der Waals surface area (Å²) in [4.78, 5) is 14.4. The second-order valence-electron chi connectivity index (χ2n) is 3.23. The van der Waals surface area contributed by atoms with E-state index >= 15 is 0 Å². The molecule has 4 heteroatoms. The lowest BCUT2D eigenvalue weighted by atomic mass is 10.1. The summed E-state index contributed by atoms with van der Waals surface area (Å²) in [6, 6.07) is 6.24. The molecule has 0 aliphatic heterocycles. The molecule has 2 aromatic rings. The third-order valence-corrected chi connectivity index (χ3v) is 2.07. The Hall–Kier alpha value is -1.97. The fourth-order valence-electron chi connectivity index (χ4n) is 1.44. The number of pyridine rings is 1. The van der Waals surface area contributed by atoms with Crippen LogP contribution in [0.2, 0.25) is 0 Å². The quantitative estimate of drug-likeness (QED) is 0.815. The van der Waals surface area contributed by atoms with Crippen molar-refractivity contribution in [1.29, 1.82) is 0 Å². The number of carbonyl (C=O) groups is 1. The first-order valence-corrected chi connectivity index (χ1v) is 4.42. The fourth-order valence-corrected chi connectivity index (χ4v) is 1.44. The maximum Gasteiger partial charge on any atom is 0.307 e. The Morgan fingerprint density at radius 2 is 2.27 bits per heavy atom. The Morgan fingerprint density at radius 1 is 1.47 bits per heavy atom. The number of para-hydroxylation sites is 1. The highest BCUT2D eigenvalue weighted by Crippen LogP contribution is 2.16. The molecule has 1 aromatic heterocycles. The molecule has 0 aliphatic carbocycles. The van der Waals surface area contributed by atoms with Gasteiger partial charge in [-0.05, 0) is 17.7 Å². The molecule has 0 atom stereocenters. The van der Waals surface area contributed by atoms with Gasteiger partial charge in [-0.3, -0.25) is 9.78 Å². The second kappa shape index (κ2) is 3.65. The van der Waals surface area contributed by atoms with E-state index in [1.54, 1.807) is 18.2 Å². The van der Waals surface area contributed by atoms with Gasteiger partial charge in [0.2, 0.25) is 0 Å². The van der Waals surface area contributed by atoms with Crippen molar-refractivity contribution in [2.45, 2.75) is 6.42 Å². The summed E-state index contributed by atoms with van der Waals surface area (Å²) in [6.45, 7) is 0. The normalized spacial score (nSPS) is 10.5. The summed E-state index contributed by atoms with van der Waals surface area (Å²) in [5, 5.41) is 9.21. The van der Waals surface area contributed by atoms with Crippen LogP contribution in [0.15, 0.2) is 30.5 Å². The molecule has 0 amide bonds. The van der Waals surface area contributed by atoms with Gasteiger partial charge in [0.15, 0.2) is 0 Å². The van der Waals surface area contributed by atoms with E-state index in [9.17, 15) is 9.18 Å². The van der Waals surface area contributed by atoms with Crippen LogP contribution in [0.5, 0.6) is 0 Å². The molecule has 0 radical (unpaired) electrons. The number of hydrogen-bond acceptors (Lipinski definition) is 2. The predicted octanol–water partition coefficient (Wildman–Crippen LogP) is 2.00. The molecule has 1 aromatic carbocycles. The molecule has 1 heterocycles. The smallest absolute Gasteiger partial charge is 0.307 e. The summed E-state index contributed by atoms with van der Waals surface area (Å²) in [5.74, 6) is -1.32. The number of fused-ring (bicyclic) bond motifs is 1. The van der Waals surface area contributed by atoms with Crippen molar-refractivity contribution in [3.05, 3.63) is 41.8 Å². The van der Waals surface area contributed by atoms with Crippen molar-refractivity contribution >= 4 is 16.9 Å². The first-order valence-electron chi connectivity index (χ1n) is 4.42. The number of hydrogen-bond donors (Lipinski definition) is 1. The lowest BCUT2D eigenvalue weighted by Gasteiger charge is -2.01. The zero-order valence-electron chi connectivity index (χ0n) is 7.77. The van der Waals surface area contributed by atoms with Gasteiger partial charge in [0.05, 0.1) is 6.42 Å². The van der Waals surface area contributed by atoms with E-state index in [1.807, 2.05) is 0 Å². The van der Waals surface area contributed by atoms with Gasteiger partial charge in [0.1, 0.15) is 11.3 Å². The molecular formula is C11H8FNO2. The Bertz CT molecular complexity index is 525. The predicted molar refractivity (Wildman–Crippen MR) is 53.0 cm³/mol. The van der Waals surface area contributed by atoms with E-state index in [4.69, 9.17) is 5.11 Å². The standard InChI is InChI=1S/C11H8FNO2/c12-9-3-1-2-8-4-7(5-10(14)15)6-13-11(8)9/h1-4,6H,5H2,(H,14,15). The molecule has 1 N–H and O–H groups in total. The van der Waals surface area contributed by atoms with Crippen molar-refractivity contribution in [2.24, 2.45) is 0 Å². The lowest BCUT2D eigenvalue weighted by Crippen LogP contribution is -2.00. The van der Waals surface area contributed by atoms with Crippen LogP contribution in [0.25, 0.3) is 10.9 Å². The van der Waals surface area contributed by atoms with Crippen molar-refractivity contribution in [1.82, 2.24) is 4.98 Å². The molecule has 15 heavy (non-hydrogen) atoms. The highest BCUT2D eigenvalue weighted by Gasteiger charge is 2.05. The molecule has 2 rings (SSSR count). The lowest BCUT2D eigenvalue weighted by molar-refractivity contribution is -0.136. The van der Waals surface area contributed by atoms with Gasteiger partial charge in [-0.2, -0.15) is 0 Å². The van der Waals surface area contributed by atoms with Crippen molar-refractivity contribution in [3.8, 4) is 0 Å². The number of aromatic nitrogens is 1. The number of nitrogens with zero attached hydrogens (tertiary/aromatic N) is 1. The van der Waals surface area contributed by atoms with Crippen LogP contribution in [0.4, 0.5) is 4.39 Å². The number of benzene rings is 1. The topological polar surface area (TPSA) is 50.2 Å². The molecule has 76 valence electrons. The van der Waals surface area contributed by atoms with Gasteiger partial charge in [0.25, 0.3) is 0 Å². The first kappa shape index (κ1) is 9.58. The number of carboxylic acids is 1. The van der Waals surface area contributed by atoms with Gasteiger partial charge >= 0.3 is 5.97 Å². The van der Waals surface area contributed by atoms with E-state index in [0.717, 1.165) is 0 Å². The van der Waals surface area contributed by atoms with Crippen LogP contribution in [-0.2, 0) is 11.2 Å². The highest BCUT2D eigenvalue weighted by molar-refractivity contribution is 5.80. The molecule has 0 spiro atoms. The average Bonchev–Trinajstić information content (AvgIpc) is 2.17. The zero-order chi connectivity index (χ0) is 10.8. The minimum absolute atomic E-state index is 0.0978. The van der Waals surface area contributed by atoms with Crippen LogP contribution >= 0.6 is 0 Å². The average molecular weight is 205 g/mol. The first-order chi connectivity index (χ1) is 7.16.